The van der Waals surface area contributed by atoms with Gasteiger partial charge in [0.05, 0.1) is 22.6 Å². The van der Waals surface area contributed by atoms with Crippen molar-refractivity contribution in [3.63, 3.8) is 0 Å². The van der Waals surface area contributed by atoms with Crippen LogP contribution in [0.2, 0.25) is 0 Å². The quantitative estimate of drug-likeness (QED) is 0.446. The number of rotatable bonds is 6. The maximum absolute atomic E-state index is 13.5. The molecule has 1 amide bonds. The zero-order chi connectivity index (χ0) is 27.6. The van der Waals surface area contributed by atoms with Crippen LogP contribution in [0.1, 0.15) is 42.4 Å². The van der Waals surface area contributed by atoms with Gasteiger partial charge in [0.25, 0.3) is 0 Å². The van der Waals surface area contributed by atoms with Gasteiger partial charge in [-0.1, -0.05) is 12.1 Å². The molecule has 3 aliphatic heterocycles. The standard InChI is InChI=1S/C25H29F6N3O3S/c26-24(27,28)18-2-1-17(19(12-18)25(29,30)31)13-34-7-3-16(4-8-34)11-20-21(33-22(36)38-20)32-14-23(15-35)5-9-37-10-6-23/h1-2,11-12,16,35H,3-10,13-15H2,(H,32,33,36). The molecule has 2 fully saturated rings. The van der Waals surface area contributed by atoms with Crippen LogP contribution in [0.4, 0.5) is 31.1 Å². The number of ether oxygens (including phenoxy) is 1. The number of likely N-dealkylation sites (tertiary alicyclic amines) is 1. The smallest absolute Gasteiger partial charge is 0.396 e. The van der Waals surface area contributed by atoms with E-state index in [2.05, 4.69) is 10.3 Å². The number of aliphatic imine (C=N–C) groups is 1. The highest BCUT2D eigenvalue weighted by molar-refractivity contribution is 8.18. The molecule has 0 aromatic heterocycles. The van der Waals surface area contributed by atoms with Gasteiger partial charge in [0.1, 0.15) is 5.84 Å². The lowest BCUT2D eigenvalue weighted by Crippen LogP contribution is -2.43. The highest BCUT2D eigenvalue weighted by atomic mass is 32.2. The second-order valence-electron chi connectivity index (χ2n) is 9.96. The van der Waals surface area contributed by atoms with Gasteiger partial charge in [-0.2, -0.15) is 31.3 Å². The number of aliphatic hydroxyl groups is 1. The number of allylic oxidation sites excluding steroid dienone is 1. The molecule has 13 heteroatoms. The predicted molar refractivity (Wildman–Crippen MR) is 131 cm³/mol. The van der Waals surface area contributed by atoms with E-state index in [0.29, 0.717) is 75.3 Å². The molecule has 0 atom stereocenters. The summed E-state index contributed by atoms with van der Waals surface area (Å²) in [6, 6.07) is 1.77. The predicted octanol–water partition coefficient (Wildman–Crippen LogP) is 5.46. The Bertz CT molecular complexity index is 1080. The van der Waals surface area contributed by atoms with Crippen molar-refractivity contribution in [3.05, 3.63) is 45.9 Å². The molecular formula is C25H29F6N3O3S. The molecule has 210 valence electrons. The molecule has 0 spiro atoms. The van der Waals surface area contributed by atoms with Crippen LogP contribution < -0.4 is 5.32 Å². The number of nitrogens with one attached hydrogen (secondary N) is 1. The molecule has 0 aliphatic carbocycles. The number of aliphatic hydroxyl groups excluding tert-OH is 1. The summed E-state index contributed by atoms with van der Waals surface area (Å²) in [7, 11) is 0. The fraction of sp³-hybridized carbons (Fsp3) is 0.600. The van der Waals surface area contributed by atoms with Crippen LogP contribution in [0, 0.1) is 11.3 Å². The largest absolute Gasteiger partial charge is 0.416 e. The summed E-state index contributed by atoms with van der Waals surface area (Å²) in [6.45, 7) is 2.36. The van der Waals surface area contributed by atoms with Gasteiger partial charge in [-0.15, -0.1) is 0 Å². The molecule has 4 rings (SSSR count). The number of alkyl halides is 6. The third kappa shape index (κ3) is 7.10. The Morgan fingerprint density at radius 1 is 1.13 bits per heavy atom. The molecule has 2 saturated heterocycles. The average molecular weight is 566 g/mol. The number of carbonyl (C=O) groups is 1. The first kappa shape index (κ1) is 28.9. The van der Waals surface area contributed by atoms with Crippen molar-refractivity contribution in [2.45, 2.75) is 44.6 Å². The van der Waals surface area contributed by atoms with E-state index in [1.54, 1.807) is 4.90 Å². The van der Waals surface area contributed by atoms with Gasteiger partial charge < -0.3 is 15.2 Å². The third-order valence-electron chi connectivity index (χ3n) is 7.31. The minimum atomic E-state index is -4.90. The van der Waals surface area contributed by atoms with Crippen molar-refractivity contribution in [2.24, 2.45) is 16.3 Å². The topological polar surface area (TPSA) is 74.2 Å². The first-order valence-electron chi connectivity index (χ1n) is 12.3. The number of carbonyl (C=O) groups excluding carboxylic acids is 1. The zero-order valence-electron chi connectivity index (χ0n) is 20.5. The number of benzene rings is 1. The lowest BCUT2D eigenvalue weighted by atomic mass is 9.81. The molecule has 0 saturated carbocycles. The molecule has 0 bridgehead atoms. The van der Waals surface area contributed by atoms with Gasteiger partial charge in [0, 0.05) is 31.7 Å². The molecule has 3 heterocycles. The van der Waals surface area contributed by atoms with E-state index in [-0.39, 0.29) is 41.4 Å². The van der Waals surface area contributed by atoms with Crippen LogP contribution in [-0.4, -0.2) is 60.5 Å². The minimum Gasteiger partial charge on any atom is -0.396 e. The Balaban J connectivity index is 1.37. The molecule has 38 heavy (non-hydrogen) atoms. The SMILES string of the molecule is O=C1N=C(NCC2(CO)CCOCC2)C(=CC2CCN(Cc3ccc(C(F)(F)F)cc3C(F)(F)F)CC2)S1. The van der Waals surface area contributed by atoms with E-state index < -0.39 is 23.5 Å². The fourth-order valence-corrected chi connectivity index (χ4v) is 5.70. The second-order valence-corrected chi connectivity index (χ2v) is 11.0. The molecule has 2 N–H and O–H groups in total. The summed E-state index contributed by atoms with van der Waals surface area (Å²) in [4.78, 5) is 18.6. The van der Waals surface area contributed by atoms with Crippen molar-refractivity contribution in [1.82, 2.24) is 10.2 Å². The van der Waals surface area contributed by atoms with Crippen LogP contribution in [0.25, 0.3) is 0 Å². The number of halogens is 6. The molecule has 6 nitrogen and oxygen atoms in total. The monoisotopic (exact) mass is 565 g/mol. The maximum atomic E-state index is 13.5. The van der Waals surface area contributed by atoms with Gasteiger partial charge in [0.15, 0.2) is 0 Å². The number of piperidine rings is 1. The zero-order valence-corrected chi connectivity index (χ0v) is 21.3. The Kier molecular flexibility index (Phi) is 8.80. The second kappa shape index (κ2) is 11.6. The normalized spacial score (nSPS) is 22.7. The van der Waals surface area contributed by atoms with E-state index in [1.807, 2.05) is 6.08 Å². The first-order chi connectivity index (χ1) is 17.9. The van der Waals surface area contributed by atoms with E-state index in [9.17, 15) is 36.2 Å². The van der Waals surface area contributed by atoms with Crippen molar-refractivity contribution < 1.29 is 41.0 Å². The Morgan fingerprint density at radius 2 is 1.82 bits per heavy atom. The van der Waals surface area contributed by atoms with Gasteiger partial charge in [-0.05, 0) is 74.1 Å². The molecule has 0 radical (unpaired) electrons. The maximum Gasteiger partial charge on any atom is 0.416 e. The number of hydrogen-bond acceptors (Lipinski definition) is 6. The number of hydrogen-bond donors (Lipinski definition) is 2. The summed E-state index contributed by atoms with van der Waals surface area (Å²) >= 11 is 1.01. The average Bonchev–Trinajstić information content (AvgIpc) is 3.22. The van der Waals surface area contributed by atoms with Crippen LogP contribution in [-0.2, 0) is 23.6 Å². The lowest BCUT2D eigenvalue weighted by molar-refractivity contribution is -0.143. The first-order valence-corrected chi connectivity index (χ1v) is 13.2. The van der Waals surface area contributed by atoms with Crippen molar-refractivity contribution in [3.8, 4) is 0 Å². The van der Waals surface area contributed by atoms with Gasteiger partial charge in [-0.3, -0.25) is 9.69 Å². The van der Waals surface area contributed by atoms with Crippen LogP contribution in [0.5, 0.6) is 0 Å². The van der Waals surface area contributed by atoms with E-state index in [4.69, 9.17) is 4.74 Å². The summed E-state index contributed by atoms with van der Waals surface area (Å²) in [5, 5.41) is 12.8. The molecular weight excluding hydrogens is 536 g/mol. The fourth-order valence-electron chi connectivity index (χ4n) is 4.90. The Labute approximate surface area is 220 Å². The summed E-state index contributed by atoms with van der Waals surface area (Å²) in [5.41, 5.74) is -3.13. The van der Waals surface area contributed by atoms with Gasteiger partial charge in [0.2, 0.25) is 0 Å². The van der Waals surface area contributed by atoms with E-state index >= 15 is 0 Å². The van der Waals surface area contributed by atoms with Crippen molar-refractivity contribution >= 4 is 22.8 Å². The summed E-state index contributed by atoms with van der Waals surface area (Å²) in [6.07, 6.45) is -5.18. The van der Waals surface area contributed by atoms with Crippen molar-refractivity contribution in [2.75, 3.05) is 39.5 Å². The number of nitrogens with zero attached hydrogens (tertiary/aromatic N) is 2. The van der Waals surface area contributed by atoms with E-state index in [1.165, 1.54) is 0 Å². The van der Waals surface area contributed by atoms with Crippen molar-refractivity contribution in [1.29, 1.82) is 0 Å². The molecule has 1 aromatic carbocycles. The highest BCUT2D eigenvalue weighted by Gasteiger charge is 2.39. The summed E-state index contributed by atoms with van der Waals surface area (Å²) < 4.78 is 84.7. The summed E-state index contributed by atoms with van der Waals surface area (Å²) in [5.74, 6) is 0.526. The third-order valence-corrected chi connectivity index (χ3v) is 8.12. The number of amides is 1. The van der Waals surface area contributed by atoms with Crippen LogP contribution >= 0.6 is 11.8 Å². The lowest BCUT2D eigenvalue weighted by Gasteiger charge is -2.35. The minimum absolute atomic E-state index is 0.00970. The molecule has 3 aliphatic rings. The van der Waals surface area contributed by atoms with Crippen LogP contribution in [0.15, 0.2) is 34.2 Å². The highest BCUT2D eigenvalue weighted by Crippen LogP contribution is 2.38. The van der Waals surface area contributed by atoms with Gasteiger partial charge in [-0.25, -0.2) is 0 Å². The molecule has 0 unspecified atom stereocenters. The molecule has 1 aromatic rings. The van der Waals surface area contributed by atoms with Crippen LogP contribution in [0.3, 0.4) is 0 Å². The van der Waals surface area contributed by atoms with Gasteiger partial charge >= 0.3 is 17.6 Å². The Hall–Kier alpha value is -2.09. The van der Waals surface area contributed by atoms with E-state index in [0.717, 1.165) is 17.8 Å². The Morgan fingerprint density at radius 3 is 2.42 bits per heavy atom. The number of thioether (sulfide) groups is 1. The number of amidine groups is 1.